The minimum Gasteiger partial charge on any atom is -0.347 e. The average molecular weight is 278 g/mol. The van der Waals surface area contributed by atoms with E-state index in [0.29, 0.717) is 6.42 Å². The number of hydrogen-bond donors (Lipinski definition) is 2. The fraction of sp³-hybridized carbons (Fsp3) is 0.833. The lowest BCUT2D eigenvalue weighted by molar-refractivity contribution is -0.133. The highest BCUT2D eigenvalue weighted by Crippen LogP contribution is 2.16. The fourth-order valence-corrected chi connectivity index (χ4v) is 2.20. The third-order valence-electron chi connectivity index (χ3n) is 3.05. The van der Waals surface area contributed by atoms with Crippen LogP contribution in [0, 0.1) is 0 Å². The first-order valence-electron chi connectivity index (χ1n) is 6.39. The summed E-state index contributed by atoms with van der Waals surface area (Å²) in [5, 5.41) is 5.77. The molecule has 2 amide bonds. The van der Waals surface area contributed by atoms with Crippen molar-refractivity contribution in [2.24, 2.45) is 0 Å². The Morgan fingerprint density at radius 2 is 2.11 bits per heavy atom. The first-order valence-corrected chi connectivity index (χ1v) is 6.39. The number of likely N-dealkylation sites (tertiary alicyclic amines) is 1. The molecule has 0 aliphatic carbocycles. The van der Waals surface area contributed by atoms with Gasteiger partial charge in [0.25, 0.3) is 0 Å². The normalized spacial score (nSPS) is 18.3. The monoisotopic (exact) mass is 277 g/mol. The second kappa shape index (κ2) is 9.16. The highest BCUT2D eigenvalue weighted by Gasteiger charge is 2.27. The van der Waals surface area contributed by atoms with Crippen LogP contribution in [0.3, 0.4) is 0 Å². The Morgan fingerprint density at radius 1 is 1.39 bits per heavy atom. The SMILES string of the molecule is CCCC(=O)NCC(=O)N1CCCC1CNC.Cl. The maximum absolute atomic E-state index is 11.9. The lowest BCUT2D eigenvalue weighted by Crippen LogP contribution is -2.45. The second-order valence-electron chi connectivity index (χ2n) is 4.47. The van der Waals surface area contributed by atoms with Gasteiger partial charge in [0.1, 0.15) is 0 Å². The van der Waals surface area contributed by atoms with E-state index in [9.17, 15) is 9.59 Å². The highest BCUT2D eigenvalue weighted by molar-refractivity contribution is 5.85. The van der Waals surface area contributed by atoms with Crippen LogP contribution in [0.1, 0.15) is 32.6 Å². The summed E-state index contributed by atoms with van der Waals surface area (Å²) >= 11 is 0. The van der Waals surface area contributed by atoms with Gasteiger partial charge >= 0.3 is 0 Å². The minimum absolute atomic E-state index is 0. The van der Waals surface area contributed by atoms with Gasteiger partial charge in [0.2, 0.25) is 11.8 Å². The summed E-state index contributed by atoms with van der Waals surface area (Å²) in [6, 6.07) is 0.288. The molecular weight excluding hydrogens is 254 g/mol. The van der Waals surface area contributed by atoms with E-state index >= 15 is 0 Å². The third-order valence-corrected chi connectivity index (χ3v) is 3.05. The van der Waals surface area contributed by atoms with Gasteiger partial charge in [-0.05, 0) is 26.3 Å². The number of halogens is 1. The standard InChI is InChI=1S/C12H23N3O2.ClH/c1-3-5-11(16)14-9-12(17)15-7-4-6-10(15)8-13-2;/h10,13H,3-9H2,1-2H3,(H,14,16);1H. The van der Waals surface area contributed by atoms with Crippen molar-refractivity contribution >= 4 is 24.2 Å². The molecule has 106 valence electrons. The van der Waals surface area contributed by atoms with Crippen molar-refractivity contribution < 1.29 is 9.59 Å². The van der Waals surface area contributed by atoms with Crippen molar-refractivity contribution in [3.05, 3.63) is 0 Å². The molecule has 0 bridgehead atoms. The van der Waals surface area contributed by atoms with Gasteiger partial charge in [-0.1, -0.05) is 6.92 Å². The molecule has 1 atom stereocenters. The number of hydrogen-bond acceptors (Lipinski definition) is 3. The number of carbonyl (C=O) groups excluding carboxylic acids is 2. The van der Waals surface area contributed by atoms with Crippen molar-refractivity contribution in [1.82, 2.24) is 15.5 Å². The van der Waals surface area contributed by atoms with E-state index in [-0.39, 0.29) is 36.8 Å². The summed E-state index contributed by atoms with van der Waals surface area (Å²) in [6.45, 7) is 3.73. The van der Waals surface area contributed by atoms with Crippen LogP contribution in [-0.2, 0) is 9.59 Å². The van der Waals surface area contributed by atoms with Crippen LogP contribution in [0.15, 0.2) is 0 Å². The Labute approximate surface area is 115 Å². The average Bonchev–Trinajstić information content (AvgIpc) is 2.75. The van der Waals surface area contributed by atoms with E-state index in [0.717, 1.165) is 32.4 Å². The minimum atomic E-state index is -0.0368. The first-order chi connectivity index (χ1) is 8.19. The number of nitrogens with zero attached hydrogens (tertiary/aromatic N) is 1. The van der Waals surface area contributed by atoms with Crippen LogP contribution < -0.4 is 10.6 Å². The van der Waals surface area contributed by atoms with Gasteiger partial charge in [-0.2, -0.15) is 0 Å². The van der Waals surface area contributed by atoms with Gasteiger partial charge in [-0.25, -0.2) is 0 Å². The van der Waals surface area contributed by atoms with Crippen LogP contribution in [0.4, 0.5) is 0 Å². The van der Waals surface area contributed by atoms with E-state index in [1.165, 1.54) is 0 Å². The largest absolute Gasteiger partial charge is 0.347 e. The molecule has 1 unspecified atom stereocenters. The third kappa shape index (κ3) is 5.23. The lowest BCUT2D eigenvalue weighted by atomic mass is 10.2. The van der Waals surface area contributed by atoms with E-state index < -0.39 is 0 Å². The van der Waals surface area contributed by atoms with Crippen LogP contribution in [0.25, 0.3) is 0 Å². The Hall–Kier alpha value is -0.810. The molecule has 2 N–H and O–H groups in total. The molecule has 0 saturated carbocycles. The molecule has 1 saturated heterocycles. The zero-order valence-electron chi connectivity index (χ0n) is 11.2. The molecule has 1 heterocycles. The summed E-state index contributed by atoms with van der Waals surface area (Å²) in [5.41, 5.74) is 0. The summed E-state index contributed by atoms with van der Waals surface area (Å²) < 4.78 is 0. The quantitative estimate of drug-likeness (QED) is 0.745. The van der Waals surface area contributed by atoms with Crippen LogP contribution >= 0.6 is 12.4 Å². The number of amides is 2. The predicted octanol–water partition coefficient (Wildman–Crippen LogP) is 0.535. The smallest absolute Gasteiger partial charge is 0.242 e. The molecule has 0 radical (unpaired) electrons. The fourth-order valence-electron chi connectivity index (χ4n) is 2.20. The zero-order valence-corrected chi connectivity index (χ0v) is 12.0. The Bertz CT molecular complexity index is 274. The number of nitrogens with one attached hydrogen (secondary N) is 2. The van der Waals surface area contributed by atoms with Gasteiger partial charge in [0.05, 0.1) is 6.54 Å². The van der Waals surface area contributed by atoms with Gasteiger partial charge < -0.3 is 15.5 Å². The molecule has 6 heteroatoms. The van der Waals surface area contributed by atoms with Gasteiger partial charge in [-0.3, -0.25) is 9.59 Å². The van der Waals surface area contributed by atoms with Crippen molar-refractivity contribution in [3.63, 3.8) is 0 Å². The molecule has 1 fully saturated rings. The topological polar surface area (TPSA) is 61.4 Å². The molecule has 1 rings (SSSR count). The number of rotatable bonds is 6. The van der Waals surface area contributed by atoms with E-state index in [1.807, 2.05) is 18.9 Å². The van der Waals surface area contributed by atoms with Crippen molar-refractivity contribution in [2.75, 3.05) is 26.7 Å². The van der Waals surface area contributed by atoms with Crippen LogP contribution in [0.2, 0.25) is 0 Å². The van der Waals surface area contributed by atoms with Crippen molar-refractivity contribution in [2.45, 2.75) is 38.6 Å². The Morgan fingerprint density at radius 3 is 2.72 bits per heavy atom. The van der Waals surface area contributed by atoms with Gasteiger partial charge in [0, 0.05) is 25.6 Å². The summed E-state index contributed by atoms with van der Waals surface area (Å²) in [6.07, 6.45) is 3.41. The number of carbonyl (C=O) groups is 2. The highest BCUT2D eigenvalue weighted by atomic mass is 35.5. The zero-order chi connectivity index (χ0) is 12.7. The van der Waals surface area contributed by atoms with Crippen molar-refractivity contribution in [1.29, 1.82) is 0 Å². The first kappa shape index (κ1) is 17.2. The summed E-state index contributed by atoms with van der Waals surface area (Å²) in [4.78, 5) is 25.1. The molecule has 1 aliphatic heterocycles. The van der Waals surface area contributed by atoms with Crippen LogP contribution in [-0.4, -0.2) is 49.4 Å². The Balaban J connectivity index is 0.00000289. The molecule has 0 aromatic heterocycles. The molecule has 5 nitrogen and oxygen atoms in total. The molecule has 1 aliphatic rings. The molecule has 0 aromatic rings. The molecule has 18 heavy (non-hydrogen) atoms. The number of likely N-dealkylation sites (N-methyl/N-ethyl adjacent to an activating group) is 1. The molecule has 0 aromatic carbocycles. The maximum Gasteiger partial charge on any atom is 0.242 e. The van der Waals surface area contributed by atoms with E-state index in [2.05, 4.69) is 10.6 Å². The predicted molar refractivity (Wildman–Crippen MR) is 73.8 cm³/mol. The lowest BCUT2D eigenvalue weighted by Gasteiger charge is -2.24. The maximum atomic E-state index is 11.9. The van der Waals surface area contributed by atoms with Crippen LogP contribution in [0.5, 0.6) is 0 Å². The molecular formula is C12H24ClN3O2. The Kier molecular flexibility index (Phi) is 8.75. The summed E-state index contributed by atoms with van der Waals surface area (Å²) in [7, 11) is 1.89. The van der Waals surface area contributed by atoms with E-state index in [1.54, 1.807) is 0 Å². The van der Waals surface area contributed by atoms with E-state index in [4.69, 9.17) is 0 Å². The summed E-state index contributed by atoms with van der Waals surface area (Å²) in [5.74, 6) is -0.00239. The molecule has 0 spiro atoms. The second-order valence-corrected chi connectivity index (χ2v) is 4.47. The van der Waals surface area contributed by atoms with Gasteiger partial charge in [0.15, 0.2) is 0 Å². The van der Waals surface area contributed by atoms with Crippen molar-refractivity contribution in [3.8, 4) is 0 Å². The van der Waals surface area contributed by atoms with Gasteiger partial charge in [-0.15, -0.1) is 12.4 Å².